The molecule has 2 amide bonds. The lowest BCUT2D eigenvalue weighted by Crippen LogP contribution is -2.46. The number of carboxylic acids is 1. The van der Waals surface area contributed by atoms with E-state index in [2.05, 4.69) is 5.32 Å². The molecule has 0 saturated carbocycles. The summed E-state index contributed by atoms with van der Waals surface area (Å²) < 4.78 is 0. The van der Waals surface area contributed by atoms with Crippen LogP contribution in [-0.4, -0.2) is 45.8 Å². The lowest BCUT2D eigenvalue weighted by Gasteiger charge is -2.29. The van der Waals surface area contributed by atoms with Crippen molar-refractivity contribution >= 4 is 12.0 Å². The van der Waals surface area contributed by atoms with E-state index in [0.717, 1.165) is 5.56 Å². The number of amides is 2. The van der Waals surface area contributed by atoms with Gasteiger partial charge in [0.2, 0.25) is 0 Å². The molecular weight excluding hydrogens is 272 g/mol. The monoisotopic (exact) mass is 294 g/mol. The fourth-order valence-electron chi connectivity index (χ4n) is 1.86. The molecule has 0 fully saturated rings. The molecule has 0 spiro atoms. The van der Waals surface area contributed by atoms with Crippen molar-refractivity contribution in [2.45, 2.75) is 32.4 Å². The zero-order valence-electron chi connectivity index (χ0n) is 12.4. The number of rotatable bonds is 7. The summed E-state index contributed by atoms with van der Waals surface area (Å²) in [5.74, 6) is -0.965. The first-order valence-corrected chi connectivity index (χ1v) is 6.79. The van der Waals surface area contributed by atoms with Crippen molar-refractivity contribution < 1.29 is 19.8 Å². The predicted octanol–water partition coefficient (Wildman–Crippen LogP) is 1.44. The third-order valence-corrected chi connectivity index (χ3v) is 2.70. The lowest BCUT2D eigenvalue weighted by atomic mass is 10.1. The molecule has 0 unspecified atom stereocenters. The molecule has 0 aliphatic carbocycles. The van der Waals surface area contributed by atoms with E-state index in [-0.39, 0.29) is 25.5 Å². The summed E-state index contributed by atoms with van der Waals surface area (Å²) in [7, 11) is 0. The number of hydrogen-bond acceptors (Lipinski definition) is 3. The number of benzene rings is 1. The Morgan fingerprint density at radius 2 is 1.86 bits per heavy atom. The molecule has 0 aliphatic rings. The molecule has 6 nitrogen and oxygen atoms in total. The van der Waals surface area contributed by atoms with Gasteiger partial charge in [-0.15, -0.1) is 0 Å². The quantitative estimate of drug-likeness (QED) is 0.710. The lowest BCUT2D eigenvalue weighted by molar-refractivity contribution is -0.136. The van der Waals surface area contributed by atoms with E-state index in [1.165, 1.54) is 4.90 Å². The number of hydrogen-bond donors (Lipinski definition) is 3. The maximum atomic E-state index is 12.1. The van der Waals surface area contributed by atoms with Gasteiger partial charge in [-0.05, 0) is 19.4 Å². The Bertz CT molecular complexity index is 468. The number of aliphatic hydroxyl groups is 1. The number of carbonyl (C=O) groups excluding carboxylic acids is 1. The van der Waals surface area contributed by atoms with Crippen molar-refractivity contribution in [1.82, 2.24) is 10.2 Å². The van der Waals surface area contributed by atoms with Gasteiger partial charge in [0.15, 0.2) is 0 Å². The van der Waals surface area contributed by atoms with Gasteiger partial charge in [0.05, 0.1) is 18.6 Å². The highest BCUT2D eigenvalue weighted by Crippen LogP contribution is 2.10. The molecule has 0 aromatic heterocycles. The van der Waals surface area contributed by atoms with Crippen LogP contribution in [0.5, 0.6) is 0 Å². The first-order valence-electron chi connectivity index (χ1n) is 6.79. The minimum absolute atomic E-state index is 0.0608. The van der Waals surface area contributed by atoms with Crippen LogP contribution in [0, 0.1) is 0 Å². The Labute approximate surface area is 124 Å². The highest BCUT2D eigenvalue weighted by Gasteiger charge is 2.22. The summed E-state index contributed by atoms with van der Waals surface area (Å²) in [6.07, 6.45) is -0.132. The summed E-state index contributed by atoms with van der Waals surface area (Å²) in [4.78, 5) is 24.1. The fraction of sp³-hybridized carbons (Fsp3) is 0.467. The molecule has 116 valence electrons. The van der Waals surface area contributed by atoms with Gasteiger partial charge in [0, 0.05) is 13.1 Å². The van der Waals surface area contributed by atoms with Gasteiger partial charge in [-0.3, -0.25) is 4.79 Å². The zero-order chi connectivity index (χ0) is 15.9. The zero-order valence-corrected chi connectivity index (χ0v) is 12.4. The maximum absolute atomic E-state index is 12.1. The molecule has 6 heteroatoms. The van der Waals surface area contributed by atoms with Gasteiger partial charge in [-0.25, -0.2) is 4.79 Å². The first-order chi connectivity index (χ1) is 9.78. The van der Waals surface area contributed by atoms with Crippen LogP contribution < -0.4 is 5.32 Å². The van der Waals surface area contributed by atoms with Crippen LogP contribution in [0.25, 0.3) is 0 Å². The summed E-state index contributed by atoms with van der Waals surface area (Å²) in [5.41, 5.74) is -0.0889. The van der Waals surface area contributed by atoms with Crippen molar-refractivity contribution in [3.8, 4) is 0 Å². The molecule has 0 radical (unpaired) electrons. The van der Waals surface area contributed by atoms with E-state index in [0.29, 0.717) is 6.54 Å². The van der Waals surface area contributed by atoms with Crippen molar-refractivity contribution in [1.29, 1.82) is 0 Å². The smallest absolute Gasteiger partial charge is 0.317 e. The highest BCUT2D eigenvalue weighted by molar-refractivity contribution is 5.75. The first kappa shape index (κ1) is 17.0. The predicted molar refractivity (Wildman–Crippen MR) is 78.8 cm³/mol. The minimum Gasteiger partial charge on any atom is -0.481 e. The van der Waals surface area contributed by atoms with Crippen LogP contribution in [0.2, 0.25) is 0 Å². The van der Waals surface area contributed by atoms with E-state index < -0.39 is 11.6 Å². The number of carboxylic acid groups (broad SMARTS) is 1. The van der Waals surface area contributed by atoms with Crippen LogP contribution in [0.1, 0.15) is 25.8 Å². The van der Waals surface area contributed by atoms with Crippen LogP contribution in [0.4, 0.5) is 4.79 Å². The van der Waals surface area contributed by atoms with Gasteiger partial charge in [-0.2, -0.15) is 0 Å². The summed E-state index contributed by atoms with van der Waals surface area (Å²) in [6.45, 7) is 3.81. The van der Waals surface area contributed by atoms with Gasteiger partial charge in [-0.1, -0.05) is 30.3 Å². The molecule has 0 bridgehead atoms. The van der Waals surface area contributed by atoms with E-state index in [1.54, 1.807) is 13.8 Å². The normalized spacial score (nSPS) is 11.0. The Morgan fingerprint density at radius 3 is 2.38 bits per heavy atom. The van der Waals surface area contributed by atoms with Crippen LogP contribution in [0.3, 0.4) is 0 Å². The second kappa shape index (κ2) is 7.64. The second-order valence-electron chi connectivity index (χ2n) is 5.53. The molecule has 21 heavy (non-hydrogen) atoms. The minimum atomic E-state index is -1.03. The third kappa shape index (κ3) is 7.31. The van der Waals surface area contributed by atoms with Gasteiger partial charge in [0.1, 0.15) is 0 Å². The molecular formula is C15H22N2O4. The number of nitrogens with zero attached hydrogens (tertiary/aromatic N) is 1. The van der Waals surface area contributed by atoms with E-state index in [9.17, 15) is 14.7 Å². The van der Waals surface area contributed by atoms with Crippen LogP contribution in [-0.2, 0) is 11.3 Å². The van der Waals surface area contributed by atoms with E-state index in [1.807, 2.05) is 30.3 Å². The number of urea groups is 1. The summed E-state index contributed by atoms with van der Waals surface area (Å²) >= 11 is 0. The number of carbonyl (C=O) groups is 2. The Kier molecular flexibility index (Phi) is 6.17. The molecule has 0 atom stereocenters. The third-order valence-electron chi connectivity index (χ3n) is 2.70. The Hall–Kier alpha value is -2.08. The highest BCUT2D eigenvalue weighted by atomic mass is 16.4. The number of nitrogens with one attached hydrogen (secondary N) is 1. The van der Waals surface area contributed by atoms with E-state index in [4.69, 9.17) is 5.11 Å². The molecule has 1 aromatic carbocycles. The molecule has 0 heterocycles. The molecule has 1 rings (SSSR count). The average molecular weight is 294 g/mol. The molecule has 0 saturated heterocycles. The second-order valence-corrected chi connectivity index (χ2v) is 5.53. The summed E-state index contributed by atoms with van der Waals surface area (Å²) in [5, 5.41) is 21.0. The Morgan fingerprint density at radius 1 is 1.24 bits per heavy atom. The SMILES string of the molecule is CC(C)(O)CN(Cc1ccccc1)C(=O)NCCC(=O)O. The maximum Gasteiger partial charge on any atom is 0.317 e. The van der Waals surface area contributed by atoms with Crippen molar-refractivity contribution in [3.05, 3.63) is 35.9 Å². The van der Waals surface area contributed by atoms with Crippen molar-refractivity contribution in [2.75, 3.05) is 13.1 Å². The topological polar surface area (TPSA) is 89.9 Å². The van der Waals surface area contributed by atoms with Gasteiger partial charge >= 0.3 is 12.0 Å². The standard InChI is InChI=1S/C15H22N2O4/c1-15(2,21)11-17(10-12-6-4-3-5-7-12)14(20)16-9-8-13(18)19/h3-7,21H,8-11H2,1-2H3,(H,16,20)(H,18,19). The number of aliphatic carboxylic acids is 1. The summed E-state index contributed by atoms with van der Waals surface area (Å²) in [6, 6.07) is 9.03. The fourth-order valence-corrected chi connectivity index (χ4v) is 1.86. The van der Waals surface area contributed by atoms with E-state index >= 15 is 0 Å². The Balaban J connectivity index is 2.67. The van der Waals surface area contributed by atoms with Crippen molar-refractivity contribution in [2.24, 2.45) is 0 Å². The van der Waals surface area contributed by atoms with Gasteiger partial charge < -0.3 is 20.4 Å². The largest absolute Gasteiger partial charge is 0.481 e. The molecule has 3 N–H and O–H groups in total. The molecule has 1 aromatic rings. The van der Waals surface area contributed by atoms with Crippen LogP contribution >= 0.6 is 0 Å². The van der Waals surface area contributed by atoms with Crippen molar-refractivity contribution in [3.63, 3.8) is 0 Å². The molecule has 0 aliphatic heterocycles. The average Bonchev–Trinajstić information content (AvgIpc) is 2.37. The van der Waals surface area contributed by atoms with Crippen LogP contribution in [0.15, 0.2) is 30.3 Å². The van der Waals surface area contributed by atoms with Gasteiger partial charge in [0.25, 0.3) is 0 Å².